The molecule has 2 heterocycles. The van der Waals surface area contributed by atoms with Crippen molar-refractivity contribution < 1.29 is 13.9 Å². The van der Waals surface area contributed by atoms with Gasteiger partial charge in [0.15, 0.2) is 0 Å². The zero-order valence-corrected chi connectivity index (χ0v) is 16.8. The van der Waals surface area contributed by atoms with Gasteiger partial charge in [-0.1, -0.05) is 14.9 Å². The number of aromatic nitrogens is 4. The van der Waals surface area contributed by atoms with Crippen molar-refractivity contribution in [2.75, 3.05) is 33.8 Å². The zero-order chi connectivity index (χ0) is 19.4. The van der Waals surface area contributed by atoms with Crippen LogP contribution in [0.25, 0.3) is 0 Å². The molecule has 2 aromatic rings. The summed E-state index contributed by atoms with van der Waals surface area (Å²) in [6.07, 6.45) is 2.77. The maximum Gasteiger partial charge on any atom is 0.325 e. The normalized spacial score (nSPS) is 10.6. The minimum atomic E-state index is -2.59. The van der Waals surface area contributed by atoms with E-state index in [1.54, 1.807) is 26.5 Å². The topological polar surface area (TPSA) is 135 Å². The molecule has 9 nitrogen and oxygen atoms in total. The second-order valence-electron chi connectivity index (χ2n) is 5.97. The number of aryl methyl sites for hydroxylation is 1. The van der Waals surface area contributed by atoms with E-state index in [1.807, 2.05) is 4.98 Å². The Morgan fingerprint density at radius 1 is 1.00 bits per heavy atom. The van der Waals surface area contributed by atoms with E-state index in [0.29, 0.717) is 17.0 Å². The Morgan fingerprint density at radius 2 is 1.52 bits per heavy atom. The molecule has 0 amide bonds. The first-order valence-electron chi connectivity index (χ1n) is 7.17. The van der Waals surface area contributed by atoms with Crippen LogP contribution in [0.1, 0.15) is 20.7 Å². The largest absolute Gasteiger partial charge is 0.480 e. The van der Waals surface area contributed by atoms with Crippen molar-refractivity contribution in [1.82, 2.24) is 19.9 Å². The highest BCUT2D eigenvalue weighted by atomic mass is 31.2. The number of nitrogens with zero attached hydrogens (tertiary/aromatic N) is 2. The zero-order valence-electron chi connectivity index (χ0n) is 15.0. The Kier molecular flexibility index (Phi) is 10.5. The lowest BCUT2D eigenvalue weighted by atomic mass is 10.6. The van der Waals surface area contributed by atoms with Gasteiger partial charge in [-0.05, 0) is 33.6 Å². The predicted molar refractivity (Wildman–Crippen MR) is 113 cm³/mol. The van der Waals surface area contributed by atoms with Crippen molar-refractivity contribution in [2.45, 2.75) is 21.8 Å². The molecule has 0 saturated heterocycles. The number of nitrogens with one attached hydrogen (secondary N) is 2. The molecule has 0 aliphatic rings. The Labute approximate surface area is 159 Å². The Morgan fingerprint density at radius 3 is 1.93 bits per heavy atom. The lowest BCUT2D eigenvalue weighted by Crippen LogP contribution is -2.34. The van der Waals surface area contributed by atoms with Crippen LogP contribution in [0.2, 0.25) is 0 Å². The van der Waals surface area contributed by atoms with Gasteiger partial charge in [0.05, 0.1) is 17.7 Å². The molecule has 2 N–H and O–H groups in total. The van der Waals surface area contributed by atoms with Gasteiger partial charge in [0.25, 0.3) is 5.56 Å². The Bertz CT molecular complexity index is 956. The Balaban J connectivity index is 0. The fourth-order valence-electron chi connectivity index (χ4n) is 1.77. The number of methoxy groups -OCH3 is 1. The highest BCUT2D eigenvalue weighted by Gasteiger charge is 2.18. The summed E-state index contributed by atoms with van der Waals surface area (Å²) in [5.74, 6) is 1.04. The van der Waals surface area contributed by atoms with Crippen LogP contribution in [-0.2, 0) is 9.13 Å². The lowest BCUT2D eigenvalue weighted by Gasteiger charge is -2.10. The highest BCUT2D eigenvalue weighted by molar-refractivity contribution is 7.70. The summed E-state index contributed by atoms with van der Waals surface area (Å²) in [5, 5.41) is 0.739. The molecule has 0 radical (unpaired) electrons. The van der Waals surface area contributed by atoms with Gasteiger partial charge >= 0.3 is 5.69 Å². The highest BCUT2D eigenvalue weighted by Crippen LogP contribution is 2.37. The molecule has 0 aliphatic heterocycles. The monoisotopic (exact) mass is 420 g/mol. The van der Waals surface area contributed by atoms with E-state index in [0.717, 1.165) is 0 Å². The molecule has 2 rings (SSSR count). The van der Waals surface area contributed by atoms with Gasteiger partial charge in [-0.25, -0.2) is 9.78 Å². The van der Waals surface area contributed by atoms with Gasteiger partial charge in [0.1, 0.15) is 20.1 Å². The minimum Gasteiger partial charge on any atom is -0.480 e. The average molecular weight is 420 g/mol. The van der Waals surface area contributed by atoms with E-state index in [9.17, 15) is 18.7 Å². The molecule has 0 spiro atoms. The molecule has 0 fully saturated rings. The van der Waals surface area contributed by atoms with Crippen LogP contribution >= 0.6 is 14.3 Å². The van der Waals surface area contributed by atoms with Crippen molar-refractivity contribution in [1.29, 1.82) is 0 Å². The van der Waals surface area contributed by atoms with Crippen LogP contribution in [0, 0.1) is 6.92 Å². The van der Waals surface area contributed by atoms with E-state index < -0.39 is 25.5 Å². The van der Waals surface area contributed by atoms with Crippen molar-refractivity contribution in [3.05, 3.63) is 39.1 Å². The summed E-state index contributed by atoms with van der Waals surface area (Å²) in [7, 11) is -3.42. The van der Waals surface area contributed by atoms with Crippen LogP contribution in [-0.4, -0.2) is 53.7 Å². The number of hydrogen-bond donors (Lipinski definition) is 2. The van der Waals surface area contributed by atoms with Crippen LogP contribution in [0.3, 0.4) is 0 Å². The molecule has 154 valence electrons. The third kappa shape index (κ3) is 8.06. The molecule has 0 aliphatic carbocycles. The third-order valence-corrected chi connectivity index (χ3v) is 5.97. The fraction of sp³-hybridized carbons (Fsp3) is 0.500. The molecule has 0 unspecified atom stereocenters. The smallest absolute Gasteiger partial charge is 0.325 e. The number of H-pyrrole nitrogens is 2. The molecule has 0 saturated carbocycles. The van der Waals surface area contributed by atoms with E-state index in [2.05, 4.69) is 15.0 Å². The molecule has 0 bridgehead atoms. The van der Waals surface area contributed by atoms with E-state index >= 15 is 0 Å². The van der Waals surface area contributed by atoms with Crippen LogP contribution in [0.4, 0.5) is 0 Å². The summed E-state index contributed by atoms with van der Waals surface area (Å²) in [5.41, 5.74) is -1.16. The van der Waals surface area contributed by atoms with Gasteiger partial charge in [-0.3, -0.25) is 9.78 Å². The Hall–Kier alpha value is -1.98. The quantitative estimate of drug-likeness (QED) is 0.721. The molecule has 11 heteroatoms. The van der Waals surface area contributed by atoms with Gasteiger partial charge in [-0.15, -0.1) is 0 Å². The molecule has 0 atom stereocenters. The van der Waals surface area contributed by atoms with Gasteiger partial charge in [0.2, 0.25) is 5.88 Å². The van der Waals surface area contributed by atoms with Crippen LogP contribution in [0.15, 0.2) is 22.0 Å². The summed E-state index contributed by atoms with van der Waals surface area (Å²) in [6.45, 7) is 8.04. The number of ether oxygens (including phenoxy) is 1. The minimum absolute atomic E-state index is 0. The van der Waals surface area contributed by atoms with Gasteiger partial charge < -0.3 is 18.9 Å². The maximum absolute atomic E-state index is 11.7. The molecule has 2 aromatic heterocycles. The lowest BCUT2D eigenvalue weighted by molar-refractivity contribution is 0.399. The summed E-state index contributed by atoms with van der Waals surface area (Å²) in [6, 6.07) is 0. The molecule has 27 heavy (non-hydrogen) atoms. The first-order chi connectivity index (χ1) is 11.4. The summed E-state index contributed by atoms with van der Waals surface area (Å²) in [4.78, 5) is 33.9. The maximum atomic E-state index is 11.7. The first-order valence-corrected chi connectivity index (χ1v) is 12.4. The van der Waals surface area contributed by atoms with Crippen LogP contribution < -0.4 is 26.6 Å². The van der Waals surface area contributed by atoms with Crippen molar-refractivity contribution in [2.24, 2.45) is 0 Å². The van der Waals surface area contributed by atoms with Crippen LogP contribution in [0.5, 0.6) is 5.88 Å². The standard InChI is InChI=1S/C8H13N2O2P.C6H9N2O3P.2CH4/c1-6-9-5-7(13(3,4)11)8(10-6)12-2;1-12(2,11)4-3-7-6(10)8-5(4)9;;/h5H,1-4H3;3H,1-2H3,(H2,7,8,9,10);2*1H4. The van der Waals surface area contributed by atoms with E-state index in [-0.39, 0.29) is 20.2 Å². The summed E-state index contributed by atoms with van der Waals surface area (Å²) < 4.78 is 28.2. The fourth-order valence-corrected chi connectivity index (χ4v) is 3.62. The van der Waals surface area contributed by atoms with Crippen molar-refractivity contribution in [3.63, 3.8) is 0 Å². The molecule has 0 aromatic carbocycles. The average Bonchev–Trinajstić information content (AvgIpc) is 2.44. The predicted octanol–water partition coefficient (Wildman–Crippen LogP) is 1.63. The summed E-state index contributed by atoms with van der Waals surface area (Å²) >= 11 is 0. The second-order valence-corrected chi connectivity index (χ2v) is 12.3. The van der Waals surface area contributed by atoms with E-state index in [4.69, 9.17) is 4.74 Å². The van der Waals surface area contributed by atoms with E-state index in [1.165, 1.54) is 26.6 Å². The molecular weight excluding hydrogens is 390 g/mol. The number of rotatable bonds is 3. The second kappa shape index (κ2) is 10.4. The van der Waals surface area contributed by atoms with Gasteiger partial charge in [0, 0.05) is 12.4 Å². The number of hydrogen-bond acceptors (Lipinski definition) is 7. The van der Waals surface area contributed by atoms with Crippen molar-refractivity contribution in [3.8, 4) is 5.88 Å². The molecular formula is C16H30N4O5P2. The van der Waals surface area contributed by atoms with Gasteiger partial charge in [-0.2, -0.15) is 4.98 Å². The van der Waals surface area contributed by atoms with Crippen molar-refractivity contribution >= 4 is 24.9 Å². The SMILES string of the molecule is C.C.COc1nc(C)ncc1P(C)(C)=O.CP(C)(=O)c1c[nH]c(=O)[nH]c1=O. The first kappa shape index (κ1) is 27.2. The third-order valence-electron chi connectivity index (χ3n) is 3.01. The number of aromatic amines is 2.